The molecule has 3 heterocycles. The van der Waals surface area contributed by atoms with Gasteiger partial charge in [-0.1, -0.05) is 62.4 Å². The maximum atomic E-state index is 13.3. The molecule has 2 aromatic rings. The third kappa shape index (κ3) is 4.22. The van der Waals surface area contributed by atoms with Crippen LogP contribution in [0.2, 0.25) is 0 Å². The van der Waals surface area contributed by atoms with Crippen molar-refractivity contribution in [1.29, 1.82) is 0 Å². The molecule has 1 aromatic heterocycles. The number of pyridine rings is 1. The molecule has 2 aliphatic heterocycles. The number of benzene rings is 1. The lowest BCUT2D eigenvalue weighted by Gasteiger charge is -2.42. The Bertz CT molecular complexity index is 1130. The summed E-state index contributed by atoms with van der Waals surface area (Å²) < 4.78 is 52.4. The Labute approximate surface area is 217 Å². The maximum absolute atomic E-state index is 13.3. The smallest absolute Gasteiger partial charge is 0.388 e. The number of fused-ring (bicyclic) bond motifs is 4. The van der Waals surface area contributed by atoms with E-state index in [4.69, 9.17) is 14.5 Å². The van der Waals surface area contributed by atoms with Crippen LogP contribution in [0.5, 0.6) is 0 Å². The molecule has 0 radical (unpaired) electrons. The number of alkyl halides is 4. The van der Waals surface area contributed by atoms with Gasteiger partial charge in [-0.05, 0) is 41.9 Å². The van der Waals surface area contributed by atoms with Gasteiger partial charge in [0.1, 0.15) is 11.7 Å². The SMILES string of the molecule is CC(C)c1nc2c(c3c1C(c1ccc(C(F)(F)F)cc1)OC31CCOCC1I)C(O)CC(C)(C)C2. The summed E-state index contributed by atoms with van der Waals surface area (Å²) in [6, 6.07) is 5.27. The topological polar surface area (TPSA) is 51.6 Å². The van der Waals surface area contributed by atoms with Crippen molar-refractivity contribution in [3.63, 3.8) is 0 Å². The van der Waals surface area contributed by atoms with Gasteiger partial charge in [-0.15, -0.1) is 0 Å². The summed E-state index contributed by atoms with van der Waals surface area (Å²) >= 11 is 2.37. The molecule has 1 aliphatic carbocycles. The molecule has 0 amide bonds. The summed E-state index contributed by atoms with van der Waals surface area (Å²) in [5, 5.41) is 11.4. The second kappa shape index (κ2) is 8.67. The lowest BCUT2D eigenvalue weighted by atomic mass is 9.70. The molecule has 3 aliphatic rings. The van der Waals surface area contributed by atoms with Gasteiger partial charge in [-0.2, -0.15) is 13.2 Å². The van der Waals surface area contributed by atoms with Crippen LogP contribution in [-0.4, -0.2) is 27.2 Å². The highest BCUT2D eigenvalue weighted by molar-refractivity contribution is 14.1. The van der Waals surface area contributed by atoms with Crippen LogP contribution in [0.15, 0.2) is 24.3 Å². The molecular formula is C27H31F3INO3. The highest BCUT2D eigenvalue weighted by Gasteiger charge is 2.55. The summed E-state index contributed by atoms with van der Waals surface area (Å²) in [6.07, 6.45) is -3.62. The number of hydrogen-bond donors (Lipinski definition) is 1. The van der Waals surface area contributed by atoms with Gasteiger partial charge in [0.25, 0.3) is 0 Å². The van der Waals surface area contributed by atoms with Gasteiger partial charge in [0, 0.05) is 41.1 Å². The quantitative estimate of drug-likeness (QED) is 0.305. The van der Waals surface area contributed by atoms with Crippen molar-refractivity contribution in [3.8, 4) is 0 Å². The van der Waals surface area contributed by atoms with E-state index in [2.05, 4.69) is 50.3 Å². The molecule has 35 heavy (non-hydrogen) atoms. The van der Waals surface area contributed by atoms with Crippen LogP contribution in [0.1, 0.15) is 97.9 Å². The predicted octanol–water partition coefficient (Wildman–Crippen LogP) is 6.77. The maximum Gasteiger partial charge on any atom is 0.416 e. The van der Waals surface area contributed by atoms with Gasteiger partial charge < -0.3 is 14.6 Å². The molecule has 1 spiro atoms. The molecule has 1 N–H and O–H groups in total. The van der Waals surface area contributed by atoms with Crippen LogP contribution < -0.4 is 0 Å². The fourth-order valence-corrected chi connectivity index (χ4v) is 7.04. The Morgan fingerprint density at radius 3 is 2.43 bits per heavy atom. The van der Waals surface area contributed by atoms with Crippen molar-refractivity contribution < 1.29 is 27.8 Å². The van der Waals surface area contributed by atoms with Crippen LogP contribution in [0.4, 0.5) is 13.2 Å². The van der Waals surface area contributed by atoms with Crippen molar-refractivity contribution in [1.82, 2.24) is 4.98 Å². The van der Waals surface area contributed by atoms with Crippen molar-refractivity contribution in [2.75, 3.05) is 13.2 Å². The van der Waals surface area contributed by atoms with Crippen LogP contribution in [0, 0.1) is 5.41 Å². The van der Waals surface area contributed by atoms with E-state index in [9.17, 15) is 18.3 Å². The highest BCUT2D eigenvalue weighted by atomic mass is 127. The largest absolute Gasteiger partial charge is 0.416 e. The summed E-state index contributed by atoms with van der Waals surface area (Å²) in [4.78, 5) is 5.11. The van der Waals surface area contributed by atoms with E-state index in [0.717, 1.165) is 46.6 Å². The van der Waals surface area contributed by atoms with E-state index in [1.54, 1.807) is 0 Å². The minimum atomic E-state index is -4.40. The molecule has 5 rings (SSSR count). The average Bonchev–Trinajstić information content (AvgIpc) is 3.09. The Kier molecular flexibility index (Phi) is 6.30. The van der Waals surface area contributed by atoms with E-state index < -0.39 is 29.5 Å². The summed E-state index contributed by atoms with van der Waals surface area (Å²) in [5.41, 5.74) is 3.81. The van der Waals surface area contributed by atoms with Crippen molar-refractivity contribution in [2.45, 2.75) is 80.8 Å². The minimum absolute atomic E-state index is 0.0132. The monoisotopic (exact) mass is 601 g/mol. The van der Waals surface area contributed by atoms with Crippen molar-refractivity contribution in [2.24, 2.45) is 5.41 Å². The lowest BCUT2D eigenvalue weighted by Crippen LogP contribution is -2.45. The number of aromatic nitrogens is 1. The number of aliphatic hydroxyl groups excluding tert-OH is 1. The first-order valence-electron chi connectivity index (χ1n) is 12.2. The van der Waals surface area contributed by atoms with Gasteiger partial charge in [0.2, 0.25) is 0 Å². The van der Waals surface area contributed by atoms with Gasteiger partial charge in [-0.25, -0.2) is 0 Å². The number of rotatable bonds is 2. The summed E-state index contributed by atoms with van der Waals surface area (Å²) in [6.45, 7) is 9.50. The van der Waals surface area contributed by atoms with Gasteiger partial charge in [0.15, 0.2) is 0 Å². The Morgan fingerprint density at radius 1 is 1.14 bits per heavy atom. The Morgan fingerprint density at radius 2 is 1.83 bits per heavy atom. The molecule has 4 atom stereocenters. The van der Waals surface area contributed by atoms with Gasteiger partial charge >= 0.3 is 6.18 Å². The summed E-state index contributed by atoms with van der Waals surface area (Å²) in [7, 11) is 0. The second-order valence-electron chi connectivity index (χ2n) is 11.2. The highest BCUT2D eigenvalue weighted by Crippen LogP contribution is 2.58. The van der Waals surface area contributed by atoms with E-state index in [-0.39, 0.29) is 15.3 Å². The molecule has 8 heteroatoms. The molecule has 1 saturated heterocycles. The third-order valence-corrected chi connectivity index (χ3v) is 8.96. The average molecular weight is 601 g/mol. The molecule has 0 saturated carbocycles. The molecular weight excluding hydrogens is 570 g/mol. The number of hydrogen-bond acceptors (Lipinski definition) is 4. The first-order chi connectivity index (χ1) is 16.3. The van der Waals surface area contributed by atoms with Gasteiger partial charge in [0.05, 0.1) is 22.2 Å². The van der Waals surface area contributed by atoms with Gasteiger partial charge in [-0.3, -0.25) is 4.98 Å². The first kappa shape index (κ1) is 25.4. The van der Waals surface area contributed by atoms with E-state index in [1.165, 1.54) is 12.1 Å². The number of aliphatic hydroxyl groups is 1. The standard InChI is InChI=1S/C27H31F3INO3/c1-14(2)23-21-22(20-17(32-23)11-25(3,4)12-18(20)33)26(9-10-34-13-19(26)31)35-24(21)15-5-7-16(8-6-15)27(28,29)30/h5-8,14,18-19,24,33H,9-13H2,1-4H3. The summed E-state index contributed by atoms with van der Waals surface area (Å²) in [5.74, 6) is 0.0828. The number of nitrogens with zero attached hydrogens (tertiary/aromatic N) is 1. The zero-order valence-electron chi connectivity index (χ0n) is 20.4. The minimum Gasteiger partial charge on any atom is -0.388 e. The second-order valence-corrected chi connectivity index (χ2v) is 12.7. The number of halogens is 4. The molecule has 1 aromatic carbocycles. The zero-order chi connectivity index (χ0) is 25.3. The van der Waals surface area contributed by atoms with Crippen molar-refractivity contribution >= 4 is 22.6 Å². The van der Waals surface area contributed by atoms with Crippen LogP contribution in [0.25, 0.3) is 0 Å². The van der Waals surface area contributed by atoms with E-state index in [1.807, 2.05) is 0 Å². The molecule has 0 bridgehead atoms. The fourth-order valence-electron chi connectivity index (χ4n) is 6.02. The van der Waals surface area contributed by atoms with Crippen molar-refractivity contribution in [3.05, 3.63) is 63.5 Å². The van der Waals surface area contributed by atoms with Crippen LogP contribution in [-0.2, 0) is 27.7 Å². The van der Waals surface area contributed by atoms with Crippen LogP contribution >= 0.6 is 22.6 Å². The van der Waals surface area contributed by atoms with Crippen LogP contribution in [0.3, 0.4) is 0 Å². The third-order valence-electron chi connectivity index (χ3n) is 7.60. The predicted molar refractivity (Wildman–Crippen MR) is 135 cm³/mol. The fraction of sp³-hybridized carbons (Fsp3) is 0.593. The Hall–Kier alpha value is -1.23. The van der Waals surface area contributed by atoms with E-state index in [0.29, 0.717) is 31.6 Å². The lowest BCUT2D eigenvalue weighted by molar-refractivity contribution is -0.137. The first-order valence-corrected chi connectivity index (χ1v) is 13.4. The van der Waals surface area contributed by atoms with E-state index >= 15 is 0 Å². The molecule has 1 fully saturated rings. The molecule has 4 unspecified atom stereocenters. The Balaban J connectivity index is 1.77. The number of ether oxygens (including phenoxy) is 2. The normalized spacial score (nSPS) is 29.9. The zero-order valence-corrected chi connectivity index (χ0v) is 22.5. The molecule has 190 valence electrons. The molecule has 4 nitrogen and oxygen atoms in total.